The van der Waals surface area contributed by atoms with Crippen molar-refractivity contribution in [3.63, 3.8) is 0 Å². The molecule has 0 radical (unpaired) electrons. The van der Waals surface area contributed by atoms with Crippen LogP contribution in [0, 0.1) is 13.8 Å². The lowest BCUT2D eigenvalue weighted by molar-refractivity contribution is -0.0498. The molecule has 0 unspecified atom stereocenters. The molecule has 0 amide bonds. The summed E-state index contributed by atoms with van der Waals surface area (Å²) in [5.74, 6) is 0.675. The summed E-state index contributed by atoms with van der Waals surface area (Å²) in [4.78, 5) is 0. The largest absolute Gasteiger partial charge is 0.435 e. The number of nitrogens with zero attached hydrogens (tertiary/aromatic N) is 4. The minimum atomic E-state index is -2.83. The number of hydrogen-bond donors (Lipinski definition) is 0. The Hall–Kier alpha value is -2.48. The summed E-state index contributed by atoms with van der Waals surface area (Å²) in [7, 11) is 0. The van der Waals surface area contributed by atoms with E-state index in [-0.39, 0.29) is 5.75 Å². The topological polar surface area (TPSA) is 52.8 Å². The number of aromatic nitrogens is 4. The Bertz CT molecular complexity index is 849. The van der Waals surface area contributed by atoms with Gasteiger partial charge in [0.15, 0.2) is 0 Å². The van der Waals surface area contributed by atoms with Gasteiger partial charge in [-0.2, -0.15) is 13.5 Å². The Morgan fingerprint density at radius 1 is 1.12 bits per heavy atom. The van der Waals surface area contributed by atoms with Crippen LogP contribution in [0.25, 0.3) is 5.69 Å². The van der Waals surface area contributed by atoms with Crippen LogP contribution in [0.4, 0.5) is 8.78 Å². The first-order chi connectivity index (χ1) is 12.0. The van der Waals surface area contributed by atoms with Crippen LogP contribution in [-0.2, 0) is 5.75 Å². The van der Waals surface area contributed by atoms with Crippen molar-refractivity contribution in [3.05, 3.63) is 59.2 Å². The molecule has 0 saturated carbocycles. The highest BCUT2D eigenvalue weighted by molar-refractivity contribution is 7.98. The highest BCUT2D eigenvalue weighted by atomic mass is 32.2. The van der Waals surface area contributed by atoms with Crippen LogP contribution in [-0.4, -0.2) is 26.8 Å². The van der Waals surface area contributed by atoms with Gasteiger partial charge in [0.1, 0.15) is 5.75 Å². The minimum absolute atomic E-state index is 0.141. The van der Waals surface area contributed by atoms with Gasteiger partial charge in [-0.25, -0.2) is 0 Å². The maximum Gasteiger partial charge on any atom is 0.387 e. The second-order valence-corrected chi connectivity index (χ2v) is 6.37. The molecule has 0 fully saturated rings. The van der Waals surface area contributed by atoms with E-state index in [1.54, 1.807) is 16.8 Å². The van der Waals surface area contributed by atoms with Gasteiger partial charge < -0.3 is 4.74 Å². The summed E-state index contributed by atoms with van der Waals surface area (Å²) >= 11 is 1.43. The predicted molar refractivity (Wildman–Crippen MR) is 91.3 cm³/mol. The zero-order chi connectivity index (χ0) is 17.8. The molecule has 0 bridgehead atoms. The minimum Gasteiger partial charge on any atom is -0.435 e. The average molecular weight is 362 g/mol. The molecule has 0 spiro atoms. The van der Waals surface area contributed by atoms with Crippen LogP contribution in [0.15, 0.2) is 47.6 Å². The van der Waals surface area contributed by atoms with Crippen molar-refractivity contribution < 1.29 is 13.5 Å². The van der Waals surface area contributed by atoms with Gasteiger partial charge in [0.2, 0.25) is 5.16 Å². The number of benzene rings is 2. The third-order valence-corrected chi connectivity index (χ3v) is 4.57. The molecule has 8 heteroatoms. The van der Waals surface area contributed by atoms with E-state index < -0.39 is 6.61 Å². The molecule has 5 nitrogen and oxygen atoms in total. The lowest BCUT2D eigenvalue weighted by atomic mass is 10.1. The van der Waals surface area contributed by atoms with Crippen LogP contribution >= 0.6 is 11.8 Å². The second-order valence-electron chi connectivity index (χ2n) is 5.43. The molecule has 25 heavy (non-hydrogen) atoms. The number of para-hydroxylation sites is 1. The van der Waals surface area contributed by atoms with Gasteiger partial charge in [-0.1, -0.05) is 42.1 Å². The van der Waals surface area contributed by atoms with Crippen LogP contribution in [0.3, 0.4) is 0 Å². The third kappa shape index (κ3) is 4.14. The molecule has 0 saturated heterocycles. The van der Waals surface area contributed by atoms with Crippen molar-refractivity contribution in [2.45, 2.75) is 31.4 Å². The van der Waals surface area contributed by atoms with Crippen molar-refractivity contribution in [2.75, 3.05) is 0 Å². The molecular formula is C17H16F2N4OS. The number of thioether (sulfide) groups is 1. The van der Waals surface area contributed by atoms with E-state index in [1.165, 1.54) is 17.8 Å². The predicted octanol–water partition coefficient (Wildman–Crippen LogP) is 4.17. The van der Waals surface area contributed by atoms with E-state index >= 15 is 0 Å². The van der Waals surface area contributed by atoms with Crippen molar-refractivity contribution in [3.8, 4) is 11.4 Å². The van der Waals surface area contributed by atoms with Crippen molar-refractivity contribution in [1.82, 2.24) is 20.2 Å². The van der Waals surface area contributed by atoms with E-state index in [0.29, 0.717) is 10.9 Å². The summed E-state index contributed by atoms with van der Waals surface area (Å²) in [5, 5.41) is 12.6. The molecule has 0 aliphatic heterocycles. The number of rotatable bonds is 6. The summed E-state index contributed by atoms with van der Waals surface area (Å²) < 4.78 is 30.8. The van der Waals surface area contributed by atoms with Crippen molar-refractivity contribution in [1.29, 1.82) is 0 Å². The number of hydrogen-bond acceptors (Lipinski definition) is 5. The van der Waals surface area contributed by atoms with Crippen molar-refractivity contribution >= 4 is 11.8 Å². The maximum atomic E-state index is 12.3. The lowest BCUT2D eigenvalue weighted by Crippen LogP contribution is -2.04. The number of aryl methyl sites for hydroxylation is 2. The second kappa shape index (κ2) is 7.60. The highest BCUT2D eigenvalue weighted by Gasteiger charge is 2.13. The van der Waals surface area contributed by atoms with Gasteiger partial charge in [0, 0.05) is 5.75 Å². The number of halogens is 2. The number of tetrazole rings is 1. The molecular weight excluding hydrogens is 346 g/mol. The van der Waals surface area contributed by atoms with Gasteiger partial charge >= 0.3 is 6.61 Å². The fourth-order valence-corrected chi connectivity index (χ4v) is 3.33. The molecule has 0 aliphatic rings. The highest BCUT2D eigenvalue weighted by Crippen LogP contribution is 2.27. The Morgan fingerprint density at radius 3 is 2.56 bits per heavy atom. The Kier molecular flexibility index (Phi) is 5.28. The zero-order valence-electron chi connectivity index (χ0n) is 13.7. The fourth-order valence-electron chi connectivity index (χ4n) is 2.51. The van der Waals surface area contributed by atoms with Crippen LogP contribution in [0.5, 0.6) is 5.75 Å². The summed E-state index contributed by atoms with van der Waals surface area (Å²) in [6, 6.07) is 12.6. The zero-order valence-corrected chi connectivity index (χ0v) is 14.5. The average Bonchev–Trinajstić information content (AvgIpc) is 3.01. The van der Waals surface area contributed by atoms with Crippen molar-refractivity contribution in [2.24, 2.45) is 0 Å². The summed E-state index contributed by atoms with van der Waals surface area (Å²) in [5.41, 5.74) is 3.94. The van der Waals surface area contributed by atoms with Gasteiger partial charge in [0.05, 0.1) is 5.69 Å². The van der Waals surface area contributed by atoms with E-state index in [0.717, 1.165) is 22.4 Å². The van der Waals surface area contributed by atoms with E-state index in [2.05, 4.69) is 20.3 Å². The number of ether oxygens (including phenoxy) is 1. The Labute approximate surface area is 148 Å². The molecule has 0 aliphatic carbocycles. The molecule has 0 atom stereocenters. The first-order valence-electron chi connectivity index (χ1n) is 7.56. The Morgan fingerprint density at radius 2 is 1.84 bits per heavy atom. The maximum absolute atomic E-state index is 12.3. The van der Waals surface area contributed by atoms with Gasteiger partial charge in [0.25, 0.3) is 0 Å². The van der Waals surface area contributed by atoms with Crippen LogP contribution < -0.4 is 4.74 Å². The fraction of sp³-hybridized carbons (Fsp3) is 0.235. The monoisotopic (exact) mass is 362 g/mol. The van der Waals surface area contributed by atoms with E-state index in [1.807, 2.05) is 38.1 Å². The Balaban J connectivity index is 1.79. The molecule has 130 valence electrons. The molecule has 2 aromatic carbocycles. The van der Waals surface area contributed by atoms with E-state index in [9.17, 15) is 8.78 Å². The van der Waals surface area contributed by atoms with E-state index in [4.69, 9.17) is 0 Å². The normalized spacial score (nSPS) is 11.1. The smallest absolute Gasteiger partial charge is 0.387 e. The molecule has 0 N–H and O–H groups in total. The summed E-state index contributed by atoms with van der Waals surface area (Å²) in [6.07, 6.45) is 0. The standard InChI is InChI=1S/C17H16F2N4OS/c1-11-5-3-6-12(2)15(11)23-17(20-21-22-23)25-10-13-7-4-8-14(9-13)24-16(18)19/h3-9,16H,10H2,1-2H3. The molecule has 3 aromatic rings. The lowest BCUT2D eigenvalue weighted by Gasteiger charge is -2.11. The van der Waals surface area contributed by atoms with Gasteiger partial charge in [-0.3, -0.25) is 0 Å². The first kappa shape index (κ1) is 17.3. The molecule has 3 rings (SSSR count). The summed E-state index contributed by atoms with van der Waals surface area (Å²) in [6.45, 7) is 1.17. The van der Waals surface area contributed by atoms with Gasteiger partial charge in [-0.15, -0.1) is 5.10 Å². The molecule has 1 heterocycles. The third-order valence-electron chi connectivity index (χ3n) is 3.58. The number of alkyl halides is 2. The quantitative estimate of drug-likeness (QED) is 0.616. The van der Waals surface area contributed by atoms with Gasteiger partial charge in [-0.05, 0) is 53.1 Å². The molecule has 1 aromatic heterocycles. The first-order valence-corrected chi connectivity index (χ1v) is 8.54. The van der Waals surface area contributed by atoms with Crippen LogP contribution in [0.1, 0.15) is 16.7 Å². The SMILES string of the molecule is Cc1cccc(C)c1-n1nnnc1SCc1cccc(OC(F)F)c1. The van der Waals surface area contributed by atoms with Crippen LogP contribution in [0.2, 0.25) is 0 Å².